The highest BCUT2D eigenvalue weighted by molar-refractivity contribution is 7.13. The lowest BCUT2D eigenvalue weighted by atomic mass is 10.1. The molecule has 23 heavy (non-hydrogen) atoms. The van der Waals surface area contributed by atoms with Crippen LogP contribution in [-0.2, 0) is 4.74 Å². The van der Waals surface area contributed by atoms with Gasteiger partial charge in [0.15, 0.2) is 5.82 Å². The van der Waals surface area contributed by atoms with E-state index in [1.165, 1.54) is 0 Å². The van der Waals surface area contributed by atoms with Crippen molar-refractivity contribution in [2.45, 2.75) is 31.9 Å². The van der Waals surface area contributed by atoms with Crippen molar-refractivity contribution in [3.8, 4) is 10.7 Å². The average molecular weight is 325 g/mol. The summed E-state index contributed by atoms with van der Waals surface area (Å²) in [6, 6.07) is 12.5. The number of hydrogen-bond acceptors (Lipinski definition) is 5. The van der Waals surface area contributed by atoms with E-state index in [0.29, 0.717) is 0 Å². The SMILES string of the molecule is C[C@@H](Nc1nc(-c2cccs2)nc2ccccc12)[C@H]1CCCO1. The highest BCUT2D eigenvalue weighted by Crippen LogP contribution is 2.28. The minimum absolute atomic E-state index is 0.229. The van der Waals surface area contributed by atoms with E-state index in [0.717, 1.165) is 46.9 Å². The minimum atomic E-state index is 0.229. The monoisotopic (exact) mass is 325 g/mol. The number of benzene rings is 1. The van der Waals surface area contributed by atoms with Crippen LogP contribution in [0.5, 0.6) is 0 Å². The van der Waals surface area contributed by atoms with Gasteiger partial charge in [0, 0.05) is 12.0 Å². The maximum absolute atomic E-state index is 5.80. The van der Waals surface area contributed by atoms with Gasteiger partial charge >= 0.3 is 0 Å². The van der Waals surface area contributed by atoms with E-state index in [4.69, 9.17) is 14.7 Å². The van der Waals surface area contributed by atoms with E-state index < -0.39 is 0 Å². The zero-order valence-electron chi connectivity index (χ0n) is 13.0. The number of fused-ring (bicyclic) bond motifs is 1. The van der Waals surface area contributed by atoms with Crippen LogP contribution in [-0.4, -0.2) is 28.7 Å². The molecule has 0 spiro atoms. The van der Waals surface area contributed by atoms with Crippen LogP contribution in [0, 0.1) is 0 Å². The number of aromatic nitrogens is 2. The number of ether oxygens (including phenoxy) is 1. The zero-order valence-corrected chi connectivity index (χ0v) is 13.8. The van der Waals surface area contributed by atoms with E-state index in [2.05, 4.69) is 29.8 Å². The van der Waals surface area contributed by atoms with Gasteiger partial charge in [-0.2, -0.15) is 0 Å². The molecule has 0 amide bonds. The smallest absolute Gasteiger partial charge is 0.172 e. The van der Waals surface area contributed by atoms with Crippen LogP contribution < -0.4 is 5.32 Å². The molecule has 2 atom stereocenters. The molecule has 4 rings (SSSR count). The van der Waals surface area contributed by atoms with Gasteiger partial charge in [-0.3, -0.25) is 0 Å². The third-order valence-electron chi connectivity index (χ3n) is 4.23. The zero-order chi connectivity index (χ0) is 15.6. The molecule has 0 saturated carbocycles. The predicted octanol–water partition coefficient (Wildman–Crippen LogP) is 4.34. The number of hydrogen-bond donors (Lipinski definition) is 1. The fourth-order valence-electron chi connectivity index (χ4n) is 3.01. The molecule has 3 aromatic rings. The molecule has 1 aliphatic heterocycles. The highest BCUT2D eigenvalue weighted by Gasteiger charge is 2.23. The Bertz CT molecular complexity index is 797. The summed E-state index contributed by atoms with van der Waals surface area (Å²) in [6.45, 7) is 3.03. The Hall–Kier alpha value is -1.98. The van der Waals surface area contributed by atoms with E-state index in [1.54, 1.807) is 11.3 Å². The van der Waals surface area contributed by atoms with Crippen LogP contribution in [0.3, 0.4) is 0 Å². The van der Waals surface area contributed by atoms with Crippen molar-refractivity contribution in [1.82, 2.24) is 9.97 Å². The molecule has 1 aliphatic rings. The molecule has 0 unspecified atom stereocenters. The second kappa shape index (κ2) is 6.26. The normalized spacial score (nSPS) is 19.1. The average Bonchev–Trinajstić information content (AvgIpc) is 3.28. The van der Waals surface area contributed by atoms with Crippen LogP contribution in [0.1, 0.15) is 19.8 Å². The molecule has 1 fully saturated rings. The molecule has 0 radical (unpaired) electrons. The van der Waals surface area contributed by atoms with E-state index in [9.17, 15) is 0 Å². The van der Waals surface area contributed by atoms with Crippen LogP contribution in [0.2, 0.25) is 0 Å². The number of thiophene rings is 1. The summed E-state index contributed by atoms with van der Waals surface area (Å²) in [5.41, 5.74) is 0.966. The summed E-state index contributed by atoms with van der Waals surface area (Å²) in [5, 5.41) is 6.66. The van der Waals surface area contributed by atoms with Crippen molar-refractivity contribution in [3.63, 3.8) is 0 Å². The quantitative estimate of drug-likeness (QED) is 0.775. The summed E-state index contributed by atoms with van der Waals surface area (Å²) >= 11 is 1.66. The molecule has 1 N–H and O–H groups in total. The molecule has 4 nitrogen and oxygen atoms in total. The maximum Gasteiger partial charge on any atom is 0.172 e. The Morgan fingerprint density at radius 1 is 1.22 bits per heavy atom. The number of rotatable bonds is 4. The lowest BCUT2D eigenvalue weighted by Gasteiger charge is -2.21. The third-order valence-corrected chi connectivity index (χ3v) is 5.10. The Balaban J connectivity index is 1.74. The molecule has 5 heteroatoms. The van der Waals surface area contributed by atoms with E-state index in [1.807, 2.05) is 24.3 Å². The molecular weight excluding hydrogens is 306 g/mol. The molecule has 1 aromatic carbocycles. The Labute approximate surface area is 139 Å². The number of nitrogens with zero attached hydrogens (tertiary/aromatic N) is 2. The lowest BCUT2D eigenvalue weighted by molar-refractivity contribution is 0.0996. The van der Waals surface area contributed by atoms with Gasteiger partial charge in [0.05, 0.1) is 22.5 Å². The van der Waals surface area contributed by atoms with Gasteiger partial charge in [-0.25, -0.2) is 9.97 Å². The molecule has 1 saturated heterocycles. The maximum atomic E-state index is 5.80. The molecular formula is C18H19N3OS. The Kier molecular flexibility index (Phi) is 3.97. The summed E-state index contributed by atoms with van der Waals surface area (Å²) in [6.07, 6.45) is 2.50. The van der Waals surface area contributed by atoms with Gasteiger partial charge in [-0.05, 0) is 43.3 Å². The van der Waals surface area contributed by atoms with Crippen molar-refractivity contribution in [2.75, 3.05) is 11.9 Å². The Morgan fingerprint density at radius 3 is 2.91 bits per heavy atom. The summed E-state index contributed by atoms with van der Waals surface area (Å²) < 4.78 is 5.80. The van der Waals surface area contributed by atoms with Crippen molar-refractivity contribution in [3.05, 3.63) is 41.8 Å². The standard InChI is InChI=1S/C18H19N3OS/c1-12(15-8-4-10-22-15)19-17-13-6-2-3-7-14(13)20-18(21-17)16-9-5-11-23-16/h2-3,5-7,9,11-12,15H,4,8,10H2,1H3,(H,19,20,21)/t12-,15-/m1/s1. The van der Waals surface area contributed by atoms with Crippen LogP contribution in [0.4, 0.5) is 5.82 Å². The van der Waals surface area contributed by atoms with Gasteiger partial charge < -0.3 is 10.1 Å². The van der Waals surface area contributed by atoms with E-state index >= 15 is 0 Å². The van der Waals surface area contributed by atoms with Gasteiger partial charge in [0.25, 0.3) is 0 Å². The molecule has 118 valence electrons. The third kappa shape index (κ3) is 2.94. The fraction of sp³-hybridized carbons (Fsp3) is 0.333. The Morgan fingerprint density at radius 2 is 2.13 bits per heavy atom. The first-order valence-electron chi connectivity index (χ1n) is 8.00. The van der Waals surface area contributed by atoms with Crippen LogP contribution in [0.25, 0.3) is 21.6 Å². The highest BCUT2D eigenvalue weighted by atomic mass is 32.1. The topological polar surface area (TPSA) is 47.0 Å². The molecule has 2 aromatic heterocycles. The second-order valence-corrected chi connectivity index (χ2v) is 6.82. The molecule has 0 aliphatic carbocycles. The first-order valence-corrected chi connectivity index (χ1v) is 8.88. The minimum Gasteiger partial charge on any atom is -0.376 e. The van der Waals surface area contributed by atoms with Crippen LogP contribution in [0.15, 0.2) is 41.8 Å². The van der Waals surface area contributed by atoms with Gasteiger partial charge in [0.1, 0.15) is 5.82 Å². The predicted molar refractivity (Wildman–Crippen MR) is 94.9 cm³/mol. The fourth-order valence-corrected chi connectivity index (χ4v) is 3.67. The first kappa shape index (κ1) is 14.6. The number of para-hydroxylation sites is 1. The van der Waals surface area contributed by atoms with Crippen molar-refractivity contribution >= 4 is 28.1 Å². The summed E-state index contributed by atoms with van der Waals surface area (Å²) in [7, 11) is 0. The van der Waals surface area contributed by atoms with Gasteiger partial charge in [0.2, 0.25) is 0 Å². The largest absolute Gasteiger partial charge is 0.376 e. The molecule has 3 heterocycles. The molecule has 0 bridgehead atoms. The van der Waals surface area contributed by atoms with Crippen molar-refractivity contribution in [2.24, 2.45) is 0 Å². The van der Waals surface area contributed by atoms with Gasteiger partial charge in [-0.1, -0.05) is 18.2 Å². The van der Waals surface area contributed by atoms with Gasteiger partial charge in [-0.15, -0.1) is 11.3 Å². The number of nitrogens with one attached hydrogen (secondary N) is 1. The first-order chi connectivity index (χ1) is 11.3. The summed E-state index contributed by atoms with van der Waals surface area (Å²) in [5.74, 6) is 1.67. The van der Waals surface area contributed by atoms with Crippen LogP contribution >= 0.6 is 11.3 Å². The van der Waals surface area contributed by atoms with E-state index in [-0.39, 0.29) is 12.1 Å². The number of anilines is 1. The van der Waals surface area contributed by atoms with Crippen molar-refractivity contribution < 1.29 is 4.74 Å². The lowest BCUT2D eigenvalue weighted by Crippen LogP contribution is -2.30. The summed E-state index contributed by atoms with van der Waals surface area (Å²) in [4.78, 5) is 10.6. The second-order valence-electron chi connectivity index (χ2n) is 5.87. The van der Waals surface area contributed by atoms with Crippen molar-refractivity contribution in [1.29, 1.82) is 0 Å².